The van der Waals surface area contributed by atoms with Gasteiger partial charge >= 0.3 is 0 Å². The summed E-state index contributed by atoms with van der Waals surface area (Å²) in [4.78, 5) is 2.34. The highest BCUT2D eigenvalue weighted by Gasteiger charge is 2.18. The normalized spacial score (nSPS) is 17.2. The minimum Gasteiger partial charge on any atom is -0.409 e. The molecule has 0 amide bonds. The molecule has 0 atom stereocenters. The van der Waals surface area contributed by atoms with Gasteiger partial charge in [-0.3, -0.25) is 0 Å². The third-order valence-corrected chi connectivity index (χ3v) is 3.29. The smallest absolute Gasteiger partial charge is 0.172 e. The summed E-state index contributed by atoms with van der Waals surface area (Å²) < 4.78 is 0. The van der Waals surface area contributed by atoms with Crippen LogP contribution in [-0.2, 0) is 0 Å². The average Bonchev–Trinajstić information content (AvgIpc) is 2.38. The van der Waals surface area contributed by atoms with Gasteiger partial charge in [0.2, 0.25) is 0 Å². The van der Waals surface area contributed by atoms with Crippen molar-refractivity contribution < 1.29 is 5.21 Å². The molecule has 1 aromatic carbocycles. The van der Waals surface area contributed by atoms with Crippen molar-refractivity contribution in [3.8, 4) is 0 Å². The molecular weight excluding hydrogens is 214 g/mol. The van der Waals surface area contributed by atoms with E-state index in [1.165, 1.54) is 24.8 Å². The van der Waals surface area contributed by atoms with Crippen LogP contribution in [0.4, 0.5) is 5.69 Å². The molecule has 92 valence electrons. The van der Waals surface area contributed by atoms with Gasteiger partial charge in [-0.2, -0.15) is 0 Å². The van der Waals surface area contributed by atoms with Gasteiger partial charge in [0.05, 0.1) is 5.69 Å². The number of anilines is 1. The van der Waals surface area contributed by atoms with Gasteiger partial charge in [0, 0.05) is 18.7 Å². The van der Waals surface area contributed by atoms with Crippen LogP contribution in [0.25, 0.3) is 0 Å². The number of hydrogen-bond acceptors (Lipinski definition) is 3. The van der Waals surface area contributed by atoms with Crippen LogP contribution in [0.2, 0.25) is 0 Å². The maximum atomic E-state index is 8.85. The fourth-order valence-corrected chi connectivity index (χ4v) is 2.46. The highest BCUT2D eigenvalue weighted by molar-refractivity contribution is 6.02. The van der Waals surface area contributed by atoms with Gasteiger partial charge in [0.25, 0.3) is 0 Å². The number of oxime groups is 1. The van der Waals surface area contributed by atoms with Gasteiger partial charge in [0.1, 0.15) is 0 Å². The largest absolute Gasteiger partial charge is 0.409 e. The Morgan fingerprint density at radius 2 is 2.00 bits per heavy atom. The Bertz CT molecular complexity index is 423. The molecule has 4 nitrogen and oxygen atoms in total. The van der Waals surface area contributed by atoms with E-state index in [0.717, 1.165) is 24.3 Å². The molecule has 0 aliphatic carbocycles. The Balaban J connectivity index is 2.42. The topological polar surface area (TPSA) is 61.9 Å². The van der Waals surface area contributed by atoms with Crippen LogP contribution in [0.5, 0.6) is 0 Å². The fraction of sp³-hybridized carbons (Fsp3) is 0.462. The lowest BCUT2D eigenvalue weighted by atomic mass is 10.0. The zero-order valence-electron chi connectivity index (χ0n) is 10.2. The summed E-state index contributed by atoms with van der Waals surface area (Å²) >= 11 is 0. The summed E-state index contributed by atoms with van der Waals surface area (Å²) in [5.41, 5.74) is 8.86. The van der Waals surface area contributed by atoms with Crippen LogP contribution < -0.4 is 10.6 Å². The summed E-state index contributed by atoms with van der Waals surface area (Å²) in [6.07, 6.45) is 3.72. The fourth-order valence-electron chi connectivity index (χ4n) is 2.46. The van der Waals surface area contributed by atoms with Crippen molar-refractivity contribution in [3.63, 3.8) is 0 Å². The van der Waals surface area contributed by atoms with Crippen LogP contribution >= 0.6 is 0 Å². The van der Waals surface area contributed by atoms with Gasteiger partial charge < -0.3 is 15.8 Å². The highest BCUT2D eigenvalue weighted by Crippen LogP contribution is 2.27. The van der Waals surface area contributed by atoms with Crippen LogP contribution in [0.3, 0.4) is 0 Å². The molecule has 0 spiro atoms. The van der Waals surface area contributed by atoms with E-state index in [0.29, 0.717) is 0 Å². The number of rotatable bonds is 2. The number of benzene rings is 1. The monoisotopic (exact) mass is 233 g/mol. The molecule has 0 bridgehead atoms. The minimum absolute atomic E-state index is 0.189. The van der Waals surface area contributed by atoms with E-state index in [2.05, 4.69) is 23.0 Å². The van der Waals surface area contributed by atoms with E-state index in [1.54, 1.807) is 0 Å². The van der Waals surface area contributed by atoms with Crippen molar-refractivity contribution in [3.05, 3.63) is 29.3 Å². The summed E-state index contributed by atoms with van der Waals surface area (Å²) in [5.74, 6) is 0.189. The van der Waals surface area contributed by atoms with Crippen LogP contribution in [0, 0.1) is 6.92 Å². The molecular formula is C13H19N3O. The van der Waals surface area contributed by atoms with Gasteiger partial charge in [-0.15, -0.1) is 0 Å². The van der Waals surface area contributed by atoms with Gasteiger partial charge in [-0.25, -0.2) is 0 Å². The first kappa shape index (κ1) is 11.8. The molecule has 4 heteroatoms. The van der Waals surface area contributed by atoms with Gasteiger partial charge in [0.15, 0.2) is 5.84 Å². The van der Waals surface area contributed by atoms with Crippen LogP contribution in [0.1, 0.15) is 30.4 Å². The number of hydrogen-bond donors (Lipinski definition) is 2. The summed E-state index contributed by atoms with van der Waals surface area (Å²) in [5, 5.41) is 12.0. The maximum Gasteiger partial charge on any atom is 0.172 e. The van der Waals surface area contributed by atoms with E-state index in [1.807, 2.05) is 12.1 Å². The Kier molecular flexibility index (Phi) is 3.52. The van der Waals surface area contributed by atoms with Crippen LogP contribution in [-0.4, -0.2) is 24.1 Å². The molecule has 1 aliphatic rings. The molecule has 1 heterocycles. The third kappa shape index (κ3) is 2.35. The molecule has 1 aliphatic heterocycles. The first-order valence-electron chi connectivity index (χ1n) is 6.06. The SMILES string of the molecule is Cc1cccc(/C(N)=N/O)c1N1CCCCC1. The molecule has 1 saturated heterocycles. The zero-order chi connectivity index (χ0) is 12.3. The minimum atomic E-state index is 0.189. The van der Waals surface area contributed by atoms with Gasteiger partial charge in [-0.1, -0.05) is 17.3 Å². The summed E-state index contributed by atoms with van der Waals surface area (Å²) in [6, 6.07) is 5.92. The van der Waals surface area contributed by atoms with Crippen molar-refractivity contribution in [2.24, 2.45) is 10.9 Å². The quantitative estimate of drug-likeness (QED) is 0.356. The standard InChI is InChI=1S/C13H19N3O/c1-10-6-5-7-11(13(14)15-17)12(10)16-8-3-2-4-9-16/h5-7,17H,2-4,8-9H2,1H3,(H2,14,15). The lowest BCUT2D eigenvalue weighted by Gasteiger charge is -2.31. The van der Waals surface area contributed by atoms with Crippen molar-refractivity contribution in [1.29, 1.82) is 0 Å². The van der Waals surface area contributed by atoms with E-state index in [-0.39, 0.29) is 5.84 Å². The second-order valence-corrected chi connectivity index (χ2v) is 4.50. The van der Waals surface area contributed by atoms with Crippen molar-refractivity contribution in [2.45, 2.75) is 26.2 Å². The molecule has 1 fully saturated rings. The molecule has 0 radical (unpaired) electrons. The lowest BCUT2D eigenvalue weighted by Crippen LogP contribution is -2.32. The predicted octanol–water partition coefficient (Wildman–Crippen LogP) is 2.08. The maximum absolute atomic E-state index is 8.85. The molecule has 0 saturated carbocycles. The number of nitrogens with two attached hydrogens (primary N) is 1. The third-order valence-electron chi connectivity index (χ3n) is 3.29. The molecule has 0 unspecified atom stereocenters. The van der Waals surface area contributed by atoms with Crippen LogP contribution in [0.15, 0.2) is 23.4 Å². The molecule has 1 aromatic rings. The number of nitrogens with zero attached hydrogens (tertiary/aromatic N) is 2. The molecule has 0 aromatic heterocycles. The predicted molar refractivity (Wildman–Crippen MR) is 69.8 cm³/mol. The van der Waals surface area contributed by atoms with E-state index in [9.17, 15) is 0 Å². The second kappa shape index (κ2) is 5.08. The number of piperidine rings is 1. The highest BCUT2D eigenvalue weighted by atomic mass is 16.4. The van der Waals surface area contributed by atoms with Gasteiger partial charge in [-0.05, 0) is 37.8 Å². The van der Waals surface area contributed by atoms with Crippen molar-refractivity contribution in [1.82, 2.24) is 0 Å². The second-order valence-electron chi connectivity index (χ2n) is 4.50. The van der Waals surface area contributed by atoms with E-state index < -0.39 is 0 Å². The Morgan fingerprint density at radius 3 is 2.65 bits per heavy atom. The number of para-hydroxylation sites is 1. The molecule has 3 N–H and O–H groups in total. The Hall–Kier alpha value is -1.71. The molecule has 17 heavy (non-hydrogen) atoms. The Labute approximate surface area is 102 Å². The van der Waals surface area contributed by atoms with E-state index in [4.69, 9.17) is 10.9 Å². The lowest BCUT2D eigenvalue weighted by molar-refractivity contribution is 0.318. The zero-order valence-corrected chi connectivity index (χ0v) is 10.2. The first-order chi connectivity index (χ1) is 8.24. The summed E-state index contributed by atoms with van der Waals surface area (Å²) in [7, 11) is 0. The Morgan fingerprint density at radius 1 is 1.29 bits per heavy atom. The van der Waals surface area contributed by atoms with Crippen molar-refractivity contribution in [2.75, 3.05) is 18.0 Å². The number of amidine groups is 1. The van der Waals surface area contributed by atoms with Crippen molar-refractivity contribution >= 4 is 11.5 Å². The van der Waals surface area contributed by atoms with E-state index >= 15 is 0 Å². The molecule has 2 rings (SSSR count). The number of aryl methyl sites for hydroxylation is 1. The average molecular weight is 233 g/mol. The summed E-state index contributed by atoms with van der Waals surface area (Å²) in [6.45, 7) is 4.17. The first-order valence-corrected chi connectivity index (χ1v) is 6.06.